The summed E-state index contributed by atoms with van der Waals surface area (Å²) in [6.45, 7) is 4.04. The number of para-hydroxylation sites is 6. The van der Waals surface area contributed by atoms with Crippen molar-refractivity contribution in [2.45, 2.75) is 13.8 Å². The van der Waals surface area contributed by atoms with Crippen LogP contribution in [-0.2, 0) is 0 Å². The van der Waals surface area contributed by atoms with E-state index < -0.39 is 0 Å². The molecule has 0 aliphatic carbocycles. The molecule has 37 heavy (non-hydrogen) atoms. The van der Waals surface area contributed by atoms with Gasteiger partial charge in [0.15, 0.2) is 11.5 Å². The minimum Gasteiger partial charge on any atom is -0.455 e. The van der Waals surface area contributed by atoms with Crippen LogP contribution >= 0.6 is 11.3 Å². The number of aliphatic imine (C=N–C) groups is 2. The fourth-order valence-corrected chi connectivity index (χ4v) is 4.60. The standard InChI is InChI=1S/C32H26N2O2S/c1-23(33-27-17-9-11-19-29(27)35-25-13-5-3-6-14-25)31-21-22-32(37-31)24(2)34-28-18-10-12-20-30(28)36-26-15-7-4-8-16-26/h3-22H,1-2H3. The van der Waals surface area contributed by atoms with Crippen LogP contribution in [0.5, 0.6) is 23.0 Å². The Morgan fingerprint density at radius 1 is 0.486 bits per heavy atom. The molecule has 0 aliphatic rings. The summed E-state index contributed by atoms with van der Waals surface area (Å²) in [5.41, 5.74) is 3.41. The summed E-state index contributed by atoms with van der Waals surface area (Å²) >= 11 is 1.66. The van der Waals surface area contributed by atoms with Crippen molar-refractivity contribution in [1.29, 1.82) is 0 Å². The molecule has 5 aromatic rings. The smallest absolute Gasteiger partial charge is 0.153 e. The van der Waals surface area contributed by atoms with E-state index in [4.69, 9.17) is 19.5 Å². The molecular weight excluding hydrogens is 476 g/mol. The Morgan fingerprint density at radius 3 is 1.30 bits per heavy atom. The molecule has 4 nitrogen and oxygen atoms in total. The number of thiophene rings is 1. The van der Waals surface area contributed by atoms with Crippen LogP contribution < -0.4 is 9.47 Å². The summed E-state index contributed by atoms with van der Waals surface area (Å²) < 4.78 is 12.2. The zero-order valence-corrected chi connectivity index (χ0v) is 21.5. The van der Waals surface area contributed by atoms with Crippen molar-refractivity contribution in [3.63, 3.8) is 0 Å². The molecule has 1 aromatic heterocycles. The number of ether oxygens (including phenoxy) is 2. The van der Waals surface area contributed by atoms with Crippen molar-refractivity contribution in [2.75, 3.05) is 0 Å². The highest BCUT2D eigenvalue weighted by molar-refractivity contribution is 7.16. The van der Waals surface area contributed by atoms with Gasteiger partial charge in [0, 0.05) is 9.75 Å². The van der Waals surface area contributed by atoms with Gasteiger partial charge in [0.2, 0.25) is 0 Å². The first-order chi connectivity index (χ1) is 18.2. The predicted molar refractivity (Wildman–Crippen MR) is 154 cm³/mol. The minimum absolute atomic E-state index is 0.720. The lowest BCUT2D eigenvalue weighted by Crippen LogP contribution is -1.92. The Hall–Kier alpha value is -4.48. The summed E-state index contributed by atoms with van der Waals surface area (Å²) in [5.74, 6) is 3.00. The second kappa shape index (κ2) is 11.5. The van der Waals surface area contributed by atoms with E-state index in [-0.39, 0.29) is 0 Å². The van der Waals surface area contributed by atoms with Crippen LogP contribution in [0.15, 0.2) is 131 Å². The van der Waals surface area contributed by atoms with E-state index in [1.54, 1.807) is 11.3 Å². The fraction of sp³-hybridized carbons (Fsp3) is 0.0625. The molecule has 0 fully saturated rings. The van der Waals surface area contributed by atoms with Crippen molar-refractivity contribution in [3.05, 3.63) is 131 Å². The van der Waals surface area contributed by atoms with Gasteiger partial charge in [-0.3, -0.25) is 0 Å². The zero-order valence-electron chi connectivity index (χ0n) is 20.7. The van der Waals surface area contributed by atoms with E-state index in [9.17, 15) is 0 Å². The molecule has 0 spiro atoms. The summed E-state index contributed by atoms with van der Waals surface area (Å²) in [7, 11) is 0. The quantitative estimate of drug-likeness (QED) is 0.198. The van der Waals surface area contributed by atoms with Gasteiger partial charge in [-0.15, -0.1) is 11.3 Å². The van der Waals surface area contributed by atoms with Gasteiger partial charge in [-0.25, -0.2) is 9.98 Å². The maximum absolute atomic E-state index is 6.08. The summed E-state index contributed by atoms with van der Waals surface area (Å²) in [5, 5.41) is 0. The van der Waals surface area contributed by atoms with E-state index >= 15 is 0 Å². The molecular formula is C32H26N2O2S. The molecule has 5 rings (SSSR count). The highest BCUT2D eigenvalue weighted by atomic mass is 32.1. The Labute approximate surface area is 221 Å². The monoisotopic (exact) mass is 502 g/mol. The number of benzene rings is 4. The molecule has 0 radical (unpaired) electrons. The van der Waals surface area contributed by atoms with E-state index in [1.807, 2.05) is 123 Å². The second-order valence-corrected chi connectivity index (χ2v) is 9.41. The van der Waals surface area contributed by atoms with Crippen molar-refractivity contribution in [2.24, 2.45) is 9.98 Å². The Morgan fingerprint density at radius 2 is 0.865 bits per heavy atom. The van der Waals surface area contributed by atoms with E-state index in [0.29, 0.717) is 0 Å². The van der Waals surface area contributed by atoms with Crippen LogP contribution in [0.3, 0.4) is 0 Å². The Kier molecular flexibility index (Phi) is 7.53. The first-order valence-corrected chi connectivity index (χ1v) is 12.8. The predicted octanol–water partition coefficient (Wildman–Crippen LogP) is 9.61. The number of hydrogen-bond acceptors (Lipinski definition) is 5. The van der Waals surface area contributed by atoms with Gasteiger partial charge in [0.25, 0.3) is 0 Å². The van der Waals surface area contributed by atoms with Gasteiger partial charge in [-0.1, -0.05) is 60.7 Å². The second-order valence-electron chi connectivity index (χ2n) is 8.32. The molecule has 5 heteroatoms. The van der Waals surface area contributed by atoms with Gasteiger partial charge in [-0.05, 0) is 74.5 Å². The van der Waals surface area contributed by atoms with Crippen molar-refractivity contribution < 1.29 is 9.47 Å². The first kappa shape index (κ1) is 24.2. The molecule has 0 bridgehead atoms. The molecule has 0 saturated carbocycles. The molecule has 4 aromatic carbocycles. The normalized spacial score (nSPS) is 11.8. The third kappa shape index (κ3) is 6.21. The topological polar surface area (TPSA) is 43.2 Å². The summed E-state index contributed by atoms with van der Waals surface area (Å²) in [6, 6.07) is 39.3. The first-order valence-electron chi connectivity index (χ1n) is 12.0. The Bertz CT molecular complexity index is 1420. The number of nitrogens with zero attached hydrogens (tertiary/aromatic N) is 2. The van der Waals surface area contributed by atoms with Crippen LogP contribution in [0.2, 0.25) is 0 Å². The maximum atomic E-state index is 6.08. The van der Waals surface area contributed by atoms with Gasteiger partial charge in [0.05, 0.1) is 11.4 Å². The molecule has 0 amide bonds. The van der Waals surface area contributed by atoms with Crippen LogP contribution in [0, 0.1) is 0 Å². The Balaban J connectivity index is 1.37. The van der Waals surface area contributed by atoms with E-state index in [2.05, 4.69) is 12.1 Å². The molecule has 0 N–H and O–H groups in total. The average Bonchev–Trinajstić information content (AvgIpc) is 3.43. The average molecular weight is 503 g/mol. The van der Waals surface area contributed by atoms with Crippen molar-refractivity contribution >= 4 is 34.1 Å². The highest BCUT2D eigenvalue weighted by Crippen LogP contribution is 2.34. The lowest BCUT2D eigenvalue weighted by atomic mass is 10.2. The molecule has 1 heterocycles. The van der Waals surface area contributed by atoms with E-state index in [1.165, 1.54) is 0 Å². The SMILES string of the molecule is CC(=Nc1ccccc1Oc1ccccc1)c1ccc(C(C)=Nc2ccccc2Oc2ccccc2)s1. The number of rotatable bonds is 8. The molecule has 0 unspecified atom stereocenters. The summed E-state index contributed by atoms with van der Waals surface area (Å²) in [4.78, 5) is 11.9. The maximum Gasteiger partial charge on any atom is 0.153 e. The molecule has 182 valence electrons. The van der Waals surface area contributed by atoms with Crippen molar-refractivity contribution in [3.8, 4) is 23.0 Å². The number of hydrogen-bond donors (Lipinski definition) is 0. The lowest BCUT2D eigenvalue weighted by molar-refractivity contribution is 0.484. The largest absolute Gasteiger partial charge is 0.455 e. The zero-order chi connectivity index (χ0) is 25.5. The van der Waals surface area contributed by atoms with Gasteiger partial charge in [-0.2, -0.15) is 0 Å². The minimum atomic E-state index is 0.720. The van der Waals surface area contributed by atoms with Gasteiger partial charge in [0.1, 0.15) is 22.9 Å². The van der Waals surface area contributed by atoms with Crippen LogP contribution in [0.1, 0.15) is 23.6 Å². The lowest BCUT2D eigenvalue weighted by Gasteiger charge is -2.09. The fourth-order valence-electron chi connectivity index (χ4n) is 3.70. The van der Waals surface area contributed by atoms with Gasteiger partial charge >= 0.3 is 0 Å². The molecule has 0 aliphatic heterocycles. The molecule has 0 atom stereocenters. The van der Waals surface area contributed by atoms with Crippen molar-refractivity contribution in [1.82, 2.24) is 0 Å². The van der Waals surface area contributed by atoms with Crippen LogP contribution in [0.4, 0.5) is 11.4 Å². The van der Waals surface area contributed by atoms with Crippen LogP contribution in [0.25, 0.3) is 0 Å². The van der Waals surface area contributed by atoms with Crippen LogP contribution in [-0.4, -0.2) is 11.4 Å². The molecule has 0 saturated heterocycles. The third-order valence-electron chi connectivity index (χ3n) is 5.57. The van der Waals surface area contributed by atoms with Gasteiger partial charge < -0.3 is 9.47 Å². The third-order valence-corrected chi connectivity index (χ3v) is 6.87. The summed E-state index contributed by atoms with van der Waals surface area (Å²) in [6.07, 6.45) is 0. The highest BCUT2D eigenvalue weighted by Gasteiger charge is 2.10. The van der Waals surface area contributed by atoms with E-state index in [0.717, 1.165) is 55.6 Å².